The number of ether oxygens (including phenoxy) is 1. The molecule has 2 nitrogen and oxygen atoms in total. The minimum absolute atomic E-state index is 0.0693. The quantitative estimate of drug-likeness (QED) is 0.577. The minimum atomic E-state index is -0.254. The predicted molar refractivity (Wildman–Crippen MR) is 98.1 cm³/mol. The number of hydrogen-bond acceptors (Lipinski definition) is 4. The fraction of sp³-hybridized carbons (Fsp3) is 0.632. The molecule has 2 aliphatic rings. The number of hydrogen-bond donors (Lipinski definition) is 2. The predicted octanol–water partition coefficient (Wildman–Crippen LogP) is 5.19. The Morgan fingerprint density at radius 3 is 2.39 bits per heavy atom. The third kappa shape index (κ3) is 3.58. The van der Waals surface area contributed by atoms with Crippen LogP contribution in [0.2, 0.25) is 0 Å². The average molecular weight is 351 g/mol. The molecule has 23 heavy (non-hydrogen) atoms. The highest BCUT2D eigenvalue weighted by Gasteiger charge is 2.49. The molecule has 2 bridgehead atoms. The summed E-state index contributed by atoms with van der Waals surface area (Å²) >= 11 is 8.72. The normalized spacial score (nSPS) is 33.7. The summed E-state index contributed by atoms with van der Waals surface area (Å²) in [5.41, 5.74) is 0.950. The standard InChI is InChI=1S/C19H26O2S2/c1-10-11(2)18-7-13(10)4-15(18)8-19(20)21-12(3)14-5-16(22)9-17(23)6-14/h5-6,9-13,15,18,22-23H,4,7-8H2,1-3H3. The smallest absolute Gasteiger partial charge is 0.306 e. The lowest BCUT2D eigenvalue weighted by Crippen LogP contribution is -2.26. The van der Waals surface area contributed by atoms with Gasteiger partial charge in [-0.05, 0) is 73.1 Å². The summed E-state index contributed by atoms with van der Waals surface area (Å²) in [6, 6.07) is 5.74. The molecule has 2 aliphatic carbocycles. The van der Waals surface area contributed by atoms with E-state index in [1.807, 2.05) is 25.1 Å². The van der Waals surface area contributed by atoms with E-state index in [1.165, 1.54) is 12.8 Å². The zero-order chi connectivity index (χ0) is 16.7. The largest absolute Gasteiger partial charge is 0.458 e. The summed E-state index contributed by atoms with van der Waals surface area (Å²) in [5.74, 6) is 3.54. The average Bonchev–Trinajstić information content (AvgIpc) is 2.98. The van der Waals surface area contributed by atoms with E-state index in [4.69, 9.17) is 4.74 Å². The van der Waals surface area contributed by atoms with Crippen molar-refractivity contribution in [3.63, 3.8) is 0 Å². The Kier molecular flexibility index (Phi) is 5.03. The lowest BCUT2D eigenvalue weighted by atomic mass is 9.74. The van der Waals surface area contributed by atoms with Gasteiger partial charge in [0, 0.05) is 16.2 Å². The highest BCUT2D eigenvalue weighted by molar-refractivity contribution is 7.81. The van der Waals surface area contributed by atoms with Crippen LogP contribution in [0.5, 0.6) is 0 Å². The molecule has 0 amide bonds. The number of esters is 1. The maximum Gasteiger partial charge on any atom is 0.306 e. The van der Waals surface area contributed by atoms with Crippen LogP contribution in [0.1, 0.15) is 51.7 Å². The van der Waals surface area contributed by atoms with E-state index in [9.17, 15) is 4.79 Å². The van der Waals surface area contributed by atoms with Crippen LogP contribution < -0.4 is 0 Å². The number of thiol groups is 2. The van der Waals surface area contributed by atoms with Crippen LogP contribution in [0.4, 0.5) is 0 Å². The molecule has 0 aromatic heterocycles. The first-order chi connectivity index (χ1) is 10.8. The monoisotopic (exact) mass is 350 g/mol. The van der Waals surface area contributed by atoms with Gasteiger partial charge in [0.25, 0.3) is 0 Å². The van der Waals surface area contributed by atoms with Crippen molar-refractivity contribution in [2.75, 3.05) is 0 Å². The molecule has 3 rings (SSSR count). The molecule has 6 atom stereocenters. The van der Waals surface area contributed by atoms with Crippen molar-refractivity contribution < 1.29 is 9.53 Å². The molecular weight excluding hydrogens is 324 g/mol. The molecule has 0 saturated heterocycles. The van der Waals surface area contributed by atoms with Gasteiger partial charge in [-0.25, -0.2) is 0 Å². The van der Waals surface area contributed by atoms with E-state index in [-0.39, 0.29) is 12.1 Å². The maximum atomic E-state index is 12.4. The number of rotatable bonds is 4. The Balaban J connectivity index is 1.57. The van der Waals surface area contributed by atoms with E-state index in [0.717, 1.165) is 33.1 Å². The van der Waals surface area contributed by atoms with Crippen LogP contribution >= 0.6 is 25.3 Å². The van der Waals surface area contributed by atoms with Crippen molar-refractivity contribution >= 4 is 31.2 Å². The molecule has 0 spiro atoms. The SMILES string of the molecule is CC(OC(=O)CC1CC2CC1C(C)C2C)c1cc(S)cc(S)c1. The number of benzene rings is 1. The molecule has 4 heteroatoms. The number of carbonyl (C=O) groups excluding carboxylic acids is 1. The molecule has 1 aromatic rings. The van der Waals surface area contributed by atoms with Crippen LogP contribution in [-0.2, 0) is 9.53 Å². The Morgan fingerprint density at radius 2 is 1.83 bits per heavy atom. The summed E-state index contributed by atoms with van der Waals surface area (Å²) in [5, 5.41) is 0. The van der Waals surface area contributed by atoms with Crippen LogP contribution in [0.25, 0.3) is 0 Å². The van der Waals surface area contributed by atoms with Crippen LogP contribution in [-0.4, -0.2) is 5.97 Å². The van der Waals surface area contributed by atoms with Gasteiger partial charge in [-0.2, -0.15) is 0 Å². The van der Waals surface area contributed by atoms with E-state index in [0.29, 0.717) is 18.3 Å². The van der Waals surface area contributed by atoms with Gasteiger partial charge in [0.15, 0.2) is 0 Å². The van der Waals surface area contributed by atoms with E-state index >= 15 is 0 Å². The van der Waals surface area contributed by atoms with Crippen LogP contribution in [0, 0.1) is 29.6 Å². The van der Waals surface area contributed by atoms with Crippen molar-refractivity contribution in [2.45, 2.75) is 55.9 Å². The fourth-order valence-electron chi connectivity index (χ4n) is 4.71. The zero-order valence-corrected chi connectivity index (χ0v) is 15.8. The maximum absolute atomic E-state index is 12.4. The van der Waals surface area contributed by atoms with E-state index in [1.54, 1.807) is 0 Å². The topological polar surface area (TPSA) is 26.3 Å². The van der Waals surface area contributed by atoms with Crippen molar-refractivity contribution in [3.8, 4) is 0 Å². The van der Waals surface area contributed by atoms with Gasteiger partial charge in [0.1, 0.15) is 6.10 Å². The van der Waals surface area contributed by atoms with Gasteiger partial charge in [-0.1, -0.05) is 13.8 Å². The van der Waals surface area contributed by atoms with E-state index < -0.39 is 0 Å². The second-order valence-corrected chi connectivity index (χ2v) is 8.53. The first-order valence-corrected chi connectivity index (χ1v) is 9.47. The molecule has 0 radical (unpaired) electrons. The molecular formula is C19H26O2S2. The van der Waals surface area contributed by atoms with Crippen molar-refractivity contribution in [2.24, 2.45) is 29.6 Å². The Hall–Kier alpha value is -0.610. The Bertz CT molecular complexity index is 579. The third-order valence-electron chi connectivity index (χ3n) is 6.17. The molecule has 2 saturated carbocycles. The second-order valence-electron chi connectivity index (χ2n) is 7.49. The Morgan fingerprint density at radius 1 is 1.17 bits per heavy atom. The molecule has 1 aromatic carbocycles. The number of carbonyl (C=O) groups is 1. The third-order valence-corrected chi connectivity index (χ3v) is 6.68. The van der Waals surface area contributed by atoms with Crippen molar-refractivity contribution in [1.29, 1.82) is 0 Å². The summed E-state index contributed by atoms with van der Waals surface area (Å²) < 4.78 is 5.67. The van der Waals surface area contributed by atoms with Crippen molar-refractivity contribution in [1.82, 2.24) is 0 Å². The Labute approximate surface area is 150 Å². The summed E-state index contributed by atoms with van der Waals surface area (Å²) in [6.45, 7) is 6.63. The molecule has 2 fully saturated rings. The van der Waals surface area contributed by atoms with Gasteiger partial charge in [-0.15, -0.1) is 25.3 Å². The highest BCUT2D eigenvalue weighted by atomic mass is 32.1. The summed E-state index contributed by atoms with van der Waals surface area (Å²) in [7, 11) is 0. The van der Waals surface area contributed by atoms with Crippen LogP contribution in [0.15, 0.2) is 28.0 Å². The van der Waals surface area contributed by atoms with E-state index in [2.05, 4.69) is 39.1 Å². The number of fused-ring (bicyclic) bond motifs is 2. The fourth-order valence-corrected chi connectivity index (χ4v) is 5.39. The molecule has 126 valence electrons. The summed E-state index contributed by atoms with van der Waals surface area (Å²) in [6.07, 6.45) is 2.82. The molecule has 0 N–H and O–H groups in total. The first kappa shape index (κ1) is 17.2. The van der Waals surface area contributed by atoms with Gasteiger partial charge in [-0.3, -0.25) is 4.79 Å². The van der Waals surface area contributed by atoms with Gasteiger partial charge in [0.05, 0.1) is 0 Å². The molecule has 6 unspecified atom stereocenters. The highest BCUT2D eigenvalue weighted by Crippen LogP contribution is 2.55. The van der Waals surface area contributed by atoms with Gasteiger partial charge < -0.3 is 4.74 Å². The van der Waals surface area contributed by atoms with Gasteiger partial charge >= 0.3 is 5.97 Å². The van der Waals surface area contributed by atoms with Crippen molar-refractivity contribution in [3.05, 3.63) is 23.8 Å². The first-order valence-electron chi connectivity index (χ1n) is 8.57. The second kappa shape index (κ2) is 6.72. The zero-order valence-electron chi connectivity index (χ0n) is 14.0. The molecule has 0 aliphatic heterocycles. The van der Waals surface area contributed by atoms with Gasteiger partial charge in [0.2, 0.25) is 0 Å². The van der Waals surface area contributed by atoms with Crippen LogP contribution in [0.3, 0.4) is 0 Å². The summed E-state index contributed by atoms with van der Waals surface area (Å²) in [4.78, 5) is 14.0. The molecule has 0 heterocycles. The minimum Gasteiger partial charge on any atom is -0.458 e. The lowest BCUT2D eigenvalue weighted by Gasteiger charge is -2.31. The lowest BCUT2D eigenvalue weighted by molar-refractivity contribution is -0.150.